The van der Waals surface area contributed by atoms with E-state index >= 15 is 0 Å². The first kappa shape index (κ1) is 18.9. The first-order chi connectivity index (χ1) is 11.5. The minimum atomic E-state index is -0.403. The Balaban J connectivity index is 2.05. The van der Waals surface area contributed by atoms with Crippen LogP contribution in [0.3, 0.4) is 0 Å². The summed E-state index contributed by atoms with van der Waals surface area (Å²) in [6.45, 7) is 6.06. The van der Waals surface area contributed by atoms with Gasteiger partial charge in [-0.1, -0.05) is 71.4 Å². The third kappa shape index (κ3) is 4.79. The Bertz CT molecular complexity index is 639. The molecular formula is C21H27BrN2. The summed E-state index contributed by atoms with van der Waals surface area (Å²) in [6, 6.07) is 18.7. The van der Waals surface area contributed by atoms with Gasteiger partial charge in [0, 0.05) is 16.1 Å². The SMILES string of the molecule is C=CCC(N)(CCC(N)[C@@H](C)c1ccc(Br)cc1)c1ccccc1. The van der Waals surface area contributed by atoms with E-state index in [9.17, 15) is 0 Å². The zero-order valence-corrected chi connectivity index (χ0v) is 15.9. The molecule has 3 heteroatoms. The van der Waals surface area contributed by atoms with E-state index in [0.717, 1.165) is 29.3 Å². The van der Waals surface area contributed by atoms with Crippen LogP contribution in [0, 0.1) is 0 Å². The molecular weight excluding hydrogens is 360 g/mol. The van der Waals surface area contributed by atoms with Crippen LogP contribution in [-0.4, -0.2) is 6.04 Å². The Labute approximate surface area is 154 Å². The summed E-state index contributed by atoms with van der Waals surface area (Å²) in [6.07, 6.45) is 4.36. The zero-order valence-electron chi connectivity index (χ0n) is 14.3. The molecule has 0 heterocycles. The summed E-state index contributed by atoms with van der Waals surface area (Å²) in [5.74, 6) is 0.293. The monoisotopic (exact) mass is 386 g/mol. The first-order valence-corrected chi connectivity index (χ1v) is 9.22. The second-order valence-corrected chi connectivity index (χ2v) is 7.47. The Morgan fingerprint density at radius 3 is 2.33 bits per heavy atom. The summed E-state index contributed by atoms with van der Waals surface area (Å²) < 4.78 is 1.09. The topological polar surface area (TPSA) is 52.0 Å². The van der Waals surface area contributed by atoms with Gasteiger partial charge in [-0.3, -0.25) is 0 Å². The fourth-order valence-electron chi connectivity index (χ4n) is 3.08. The van der Waals surface area contributed by atoms with Crippen LogP contribution in [0.5, 0.6) is 0 Å². The number of nitrogens with two attached hydrogens (primary N) is 2. The summed E-state index contributed by atoms with van der Waals surface area (Å²) in [7, 11) is 0. The molecule has 0 amide bonds. The van der Waals surface area contributed by atoms with Gasteiger partial charge in [-0.2, -0.15) is 0 Å². The van der Waals surface area contributed by atoms with E-state index in [1.807, 2.05) is 24.3 Å². The molecule has 0 aromatic heterocycles. The van der Waals surface area contributed by atoms with E-state index in [1.165, 1.54) is 5.56 Å². The number of hydrogen-bond donors (Lipinski definition) is 2. The van der Waals surface area contributed by atoms with Crippen LogP contribution in [0.15, 0.2) is 71.7 Å². The Morgan fingerprint density at radius 2 is 1.75 bits per heavy atom. The standard InChI is InChI=1S/C21H27BrN2/c1-3-14-21(24,18-7-5-4-6-8-18)15-13-20(23)16(2)17-9-11-19(22)12-10-17/h3-12,16,20H,1,13-15,23-24H2,2H3/t16-,20?,21?/m0/s1. The van der Waals surface area contributed by atoms with E-state index in [2.05, 4.69) is 65.8 Å². The summed E-state index contributed by atoms with van der Waals surface area (Å²) in [5, 5.41) is 0. The molecule has 3 atom stereocenters. The highest BCUT2D eigenvalue weighted by molar-refractivity contribution is 9.10. The molecule has 0 radical (unpaired) electrons. The molecule has 128 valence electrons. The predicted octanol–water partition coefficient (Wildman–Crippen LogP) is 5.09. The molecule has 2 unspecified atom stereocenters. The maximum absolute atomic E-state index is 6.70. The molecule has 0 saturated heterocycles. The lowest BCUT2D eigenvalue weighted by Crippen LogP contribution is -2.39. The van der Waals surface area contributed by atoms with Crippen molar-refractivity contribution in [2.45, 2.75) is 43.7 Å². The maximum atomic E-state index is 6.70. The first-order valence-electron chi connectivity index (χ1n) is 8.42. The predicted molar refractivity (Wildman–Crippen MR) is 107 cm³/mol. The van der Waals surface area contributed by atoms with Crippen LogP contribution in [0.4, 0.5) is 0 Å². The van der Waals surface area contributed by atoms with Crippen molar-refractivity contribution in [3.05, 3.63) is 82.9 Å². The molecule has 0 saturated carbocycles. The van der Waals surface area contributed by atoms with E-state index in [-0.39, 0.29) is 6.04 Å². The minimum absolute atomic E-state index is 0.0719. The summed E-state index contributed by atoms with van der Waals surface area (Å²) >= 11 is 3.47. The van der Waals surface area contributed by atoms with Gasteiger partial charge in [0.05, 0.1) is 0 Å². The number of rotatable bonds is 8. The van der Waals surface area contributed by atoms with Gasteiger partial charge in [-0.05, 0) is 48.4 Å². The van der Waals surface area contributed by atoms with Crippen molar-refractivity contribution < 1.29 is 0 Å². The van der Waals surface area contributed by atoms with Crippen LogP contribution in [0.25, 0.3) is 0 Å². The van der Waals surface area contributed by atoms with Crippen molar-refractivity contribution >= 4 is 15.9 Å². The van der Waals surface area contributed by atoms with E-state index in [1.54, 1.807) is 0 Å². The molecule has 0 spiro atoms. The highest BCUT2D eigenvalue weighted by atomic mass is 79.9. The molecule has 0 fully saturated rings. The molecule has 2 nitrogen and oxygen atoms in total. The third-order valence-corrected chi connectivity index (χ3v) is 5.35. The van der Waals surface area contributed by atoms with E-state index in [0.29, 0.717) is 5.92 Å². The minimum Gasteiger partial charge on any atom is -0.327 e. The normalized spacial score (nSPS) is 16.2. The second kappa shape index (κ2) is 8.61. The maximum Gasteiger partial charge on any atom is 0.0444 e. The Morgan fingerprint density at radius 1 is 1.12 bits per heavy atom. The molecule has 4 N–H and O–H groups in total. The van der Waals surface area contributed by atoms with Gasteiger partial charge in [0.2, 0.25) is 0 Å². The fourth-order valence-corrected chi connectivity index (χ4v) is 3.34. The van der Waals surface area contributed by atoms with Crippen molar-refractivity contribution in [1.29, 1.82) is 0 Å². The Kier molecular flexibility index (Phi) is 6.79. The van der Waals surface area contributed by atoms with Gasteiger partial charge in [0.1, 0.15) is 0 Å². The zero-order chi connectivity index (χ0) is 17.6. The largest absolute Gasteiger partial charge is 0.327 e. The highest BCUT2D eigenvalue weighted by Gasteiger charge is 2.27. The molecule has 0 aliphatic carbocycles. The molecule has 2 aromatic carbocycles. The third-order valence-electron chi connectivity index (χ3n) is 4.82. The second-order valence-electron chi connectivity index (χ2n) is 6.56. The highest BCUT2D eigenvalue weighted by Crippen LogP contribution is 2.31. The number of halogens is 1. The molecule has 24 heavy (non-hydrogen) atoms. The lowest BCUT2D eigenvalue weighted by atomic mass is 9.80. The van der Waals surface area contributed by atoms with Gasteiger partial charge in [-0.15, -0.1) is 6.58 Å². The van der Waals surface area contributed by atoms with Crippen molar-refractivity contribution in [3.63, 3.8) is 0 Å². The summed E-state index contributed by atoms with van der Waals surface area (Å²) in [5.41, 5.74) is 15.2. The average Bonchev–Trinajstić information content (AvgIpc) is 2.61. The van der Waals surface area contributed by atoms with Crippen LogP contribution in [0.1, 0.15) is 43.2 Å². The van der Waals surface area contributed by atoms with E-state index < -0.39 is 5.54 Å². The van der Waals surface area contributed by atoms with Crippen LogP contribution in [-0.2, 0) is 5.54 Å². The van der Waals surface area contributed by atoms with Crippen molar-refractivity contribution in [2.24, 2.45) is 11.5 Å². The van der Waals surface area contributed by atoms with Gasteiger partial charge >= 0.3 is 0 Å². The van der Waals surface area contributed by atoms with Gasteiger partial charge in [0.25, 0.3) is 0 Å². The lowest BCUT2D eigenvalue weighted by Gasteiger charge is -2.31. The molecule has 0 aliphatic heterocycles. The van der Waals surface area contributed by atoms with E-state index in [4.69, 9.17) is 11.5 Å². The summed E-state index contributed by atoms with van der Waals surface area (Å²) in [4.78, 5) is 0. The van der Waals surface area contributed by atoms with Crippen molar-refractivity contribution in [2.75, 3.05) is 0 Å². The van der Waals surface area contributed by atoms with Gasteiger partial charge in [0.15, 0.2) is 0 Å². The quantitative estimate of drug-likeness (QED) is 0.620. The molecule has 2 rings (SSSR count). The van der Waals surface area contributed by atoms with Crippen molar-refractivity contribution in [1.82, 2.24) is 0 Å². The van der Waals surface area contributed by atoms with Gasteiger partial charge in [-0.25, -0.2) is 0 Å². The molecule has 0 aliphatic rings. The smallest absolute Gasteiger partial charge is 0.0444 e. The van der Waals surface area contributed by atoms with Crippen LogP contribution < -0.4 is 11.5 Å². The number of hydrogen-bond acceptors (Lipinski definition) is 2. The fraction of sp³-hybridized carbons (Fsp3) is 0.333. The van der Waals surface area contributed by atoms with Crippen LogP contribution >= 0.6 is 15.9 Å². The average molecular weight is 387 g/mol. The Hall–Kier alpha value is -1.42. The van der Waals surface area contributed by atoms with Crippen LogP contribution in [0.2, 0.25) is 0 Å². The molecule has 2 aromatic rings. The number of benzene rings is 2. The van der Waals surface area contributed by atoms with Gasteiger partial charge < -0.3 is 11.5 Å². The molecule has 0 bridgehead atoms. The lowest BCUT2D eigenvalue weighted by molar-refractivity contribution is 0.366. The van der Waals surface area contributed by atoms with Crippen molar-refractivity contribution in [3.8, 4) is 0 Å².